The lowest BCUT2D eigenvalue weighted by Crippen LogP contribution is -2.32. The van der Waals surface area contributed by atoms with Crippen molar-refractivity contribution in [3.05, 3.63) is 83.1 Å². The maximum atomic E-state index is 12.3. The van der Waals surface area contributed by atoms with E-state index in [4.69, 9.17) is 0 Å². The van der Waals surface area contributed by atoms with E-state index in [0.717, 1.165) is 11.3 Å². The van der Waals surface area contributed by atoms with Crippen molar-refractivity contribution in [2.75, 3.05) is 5.32 Å². The van der Waals surface area contributed by atoms with Crippen molar-refractivity contribution >= 4 is 29.4 Å². The second kappa shape index (κ2) is 6.09. The molecule has 2 aliphatic heterocycles. The maximum absolute atomic E-state index is 12.3. The van der Waals surface area contributed by atoms with Gasteiger partial charge in [0.25, 0.3) is 11.8 Å². The summed E-state index contributed by atoms with van der Waals surface area (Å²) in [6.07, 6.45) is 3.71. The highest BCUT2D eigenvalue weighted by Crippen LogP contribution is 2.26. The number of rotatable bonds is 1. The zero-order chi connectivity index (χ0) is 17.2. The molecule has 4 rings (SSSR count). The fourth-order valence-corrected chi connectivity index (χ4v) is 2.70. The summed E-state index contributed by atoms with van der Waals surface area (Å²) in [6, 6.07) is 16.5. The van der Waals surface area contributed by atoms with Crippen LogP contribution >= 0.6 is 0 Å². The highest BCUT2D eigenvalue weighted by Gasteiger charge is 2.28. The number of nitrogens with zero attached hydrogens (tertiary/aromatic N) is 1. The fraction of sp³-hybridized carbons (Fsp3) is 0. The molecule has 0 unspecified atom stereocenters. The van der Waals surface area contributed by atoms with Gasteiger partial charge in [0.05, 0.1) is 5.70 Å². The zero-order valence-corrected chi connectivity index (χ0v) is 13.1. The number of para-hydroxylation sites is 1. The number of hydrogen-bond acceptors (Lipinski definition) is 4. The van der Waals surface area contributed by atoms with Gasteiger partial charge in [0.2, 0.25) is 0 Å². The summed E-state index contributed by atoms with van der Waals surface area (Å²) in [4.78, 5) is 24.5. The van der Waals surface area contributed by atoms with Gasteiger partial charge in [-0.2, -0.15) is 5.10 Å². The van der Waals surface area contributed by atoms with Crippen molar-refractivity contribution in [2.24, 2.45) is 5.10 Å². The van der Waals surface area contributed by atoms with Gasteiger partial charge in [-0.05, 0) is 29.8 Å². The monoisotopic (exact) mass is 330 g/mol. The largest absolute Gasteiger partial charge is 0.354 e. The summed E-state index contributed by atoms with van der Waals surface area (Å²) < 4.78 is 0. The van der Waals surface area contributed by atoms with Crippen molar-refractivity contribution in [3.63, 3.8) is 0 Å². The van der Waals surface area contributed by atoms with E-state index < -0.39 is 0 Å². The second-order valence-electron chi connectivity index (χ2n) is 5.56. The number of carbonyl (C=O) groups excluding carboxylic acids is 2. The number of hydrazone groups is 1. The van der Waals surface area contributed by atoms with E-state index in [0.29, 0.717) is 16.8 Å². The molecule has 0 fully saturated rings. The molecule has 6 heteroatoms. The SMILES string of the molecule is O=C1NN=C(NC(=O)c2ccccc2)C1=C1C=Cc2ccccc2N1. The molecule has 0 saturated heterocycles. The van der Waals surface area contributed by atoms with Gasteiger partial charge in [0.15, 0.2) is 5.84 Å². The summed E-state index contributed by atoms with van der Waals surface area (Å²) in [5.74, 6) is -0.491. The topological polar surface area (TPSA) is 82.6 Å². The summed E-state index contributed by atoms with van der Waals surface area (Å²) in [7, 11) is 0. The fourth-order valence-electron chi connectivity index (χ4n) is 2.70. The average molecular weight is 330 g/mol. The first-order valence-electron chi connectivity index (χ1n) is 7.75. The number of fused-ring (bicyclic) bond motifs is 1. The Balaban J connectivity index is 1.64. The van der Waals surface area contributed by atoms with E-state index in [9.17, 15) is 9.59 Å². The van der Waals surface area contributed by atoms with E-state index in [1.165, 1.54) is 0 Å². The lowest BCUT2D eigenvalue weighted by molar-refractivity contribution is -0.116. The number of benzene rings is 2. The van der Waals surface area contributed by atoms with Crippen molar-refractivity contribution < 1.29 is 9.59 Å². The van der Waals surface area contributed by atoms with Crippen LogP contribution in [0.4, 0.5) is 5.69 Å². The minimum Gasteiger partial charge on any atom is -0.354 e. The number of anilines is 1. The van der Waals surface area contributed by atoms with E-state index in [2.05, 4.69) is 21.2 Å². The van der Waals surface area contributed by atoms with Gasteiger partial charge in [0, 0.05) is 11.3 Å². The molecule has 3 N–H and O–H groups in total. The highest BCUT2D eigenvalue weighted by molar-refractivity contribution is 6.29. The molecule has 0 atom stereocenters. The molecule has 25 heavy (non-hydrogen) atoms. The highest BCUT2D eigenvalue weighted by atomic mass is 16.2. The molecule has 2 aliphatic rings. The molecule has 2 aromatic rings. The van der Waals surface area contributed by atoms with Crippen LogP contribution in [0, 0.1) is 0 Å². The van der Waals surface area contributed by atoms with Crippen LogP contribution in [0.15, 0.2) is 77.0 Å². The van der Waals surface area contributed by atoms with Crippen molar-refractivity contribution in [1.29, 1.82) is 0 Å². The predicted octanol–water partition coefficient (Wildman–Crippen LogP) is 2.25. The summed E-state index contributed by atoms with van der Waals surface area (Å²) in [5, 5.41) is 9.85. The van der Waals surface area contributed by atoms with Crippen molar-refractivity contribution in [2.45, 2.75) is 0 Å². The van der Waals surface area contributed by atoms with Crippen LogP contribution in [0.5, 0.6) is 0 Å². The number of amidine groups is 1. The first-order valence-corrected chi connectivity index (χ1v) is 7.75. The third-order valence-corrected chi connectivity index (χ3v) is 3.93. The Morgan fingerprint density at radius 2 is 1.72 bits per heavy atom. The van der Waals surface area contributed by atoms with Crippen LogP contribution in [-0.4, -0.2) is 17.6 Å². The Morgan fingerprint density at radius 1 is 0.960 bits per heavy atom. The van der Waals surface area contributed by atoms with Gasteiger partial charge in [-0.15, -0.1) is 0 Å². The van der Waals surface area contributed by atoms with Crippen LogP contribution in [0.1, 0.15) is 15.9 Å². The van der Waals surface area contributed by atoms with Gasteiger partial charge in [0.1, 0.15) is 5.57 Å². The quantitative estimate of drug-likeness (QED) is 0.701. The molecule has 0 bridgehead atoms. The minimum atomic E-state index is -0.366. The molecule has 0 spiro atoms. The maximum Gasteiger partial charge on any atom is 0.277 e. The Morgan fingerprint density at radius 3 is 2.56 bits per heavy atom. The van der Waals surface area contributed by atoms with Crippen molar-refractivity contribution in [3.8, 4) is 0 Å². The Kier molecular flexibility index (Phi) is 3.63. The number of nitrogens with one attached hydrogen (secondary N) is 3. The van der Waals surface area contributed by atoms with Crippen LogP contribution in [0.2, 0.25) is 0 Å². The second-order valence-corrected chi connectivity index (χ2v) is 5.56. The van der Waals surface area contributed by atoms with E-state index in [-0.39, 0.29) is 17.6 Å². The molecule has 122 valence electrons. The first kappa shape index (κ1) is 14.9. The molecule has 2 heterocycles. The molecule has 0 radical (unpaired) electrons. The van der Waals surface area contributed by atoms with Crippen LogP contribution < -0.4 is 16.1 Å². The van der Waals surface area contributed by atoms with Gasteiger partial charge in [-0.3, -0.25) is 9.59 Å². The van der Waals surface area contributed by atoms with Gasteiger partial charge in [-0.1, -0.05) is 42.5 Å². The van der Waals surface area contributed by atoms with E-state index >= 15 is 0 Å². The molecule has 0 saturated carbocycles. The molecule has 6 nitrogen and oxygen atoms in total. The number of amides is 2. The molecule has 0 aromatic heterocycles. The Labute approximate surface area is 143 Å². The third kappa shape index (κ3) is 2.81. The number of allylic oxidation sites excluding steroid dienone is 1. The molecule has 0 aliphatic carbocycles. The van der Waals surface area contributed by atoms with Crippen LogP contribution in [0.25, 0.3) is 6.08 Å². The van der Waals surface area contributed by atoms with Crippen molar-refractivity contribution in [1.82, 2.24) is 10.7 Å². The van der Waals surface area contributed by atoms with E-state index in [1.807, 2.05) is 36.4 Å². The third-order valence-electron chi connectivity index (χ3n) is 3.93. The molecular formula is C19H14N4O2. The Bertz CT molecular complexity index is 958. The van der Waals surface area contributed by atoms with Crippen LogP contribution in [-0.2, 0) is 4.79 Å². The smallest absolute Gasteiger partial charge is 0.277 e. The zero-order valence-electron chi connectivity index (χ0n) is 13.1. The molecule has 2 aromatic carbocycles. The van der Waals surface area contributed by atoms with Crippen LogP contribution in [0.3, 0.4) is 0 Å². The van der Waals surface area contributed by atoms with Gasteiger partial charge >= 0.3 is 0 Å². The van der Waals surface area contributed by atoms with Gasteiger partial charge < -0.3 is 10.6 Å². The number of hydrogen-bond donors (Lipinski definition) is 3. The average Bonchev–Trinajstić information content (AvgIpc) is 3.02. The number of carbonyl (C=O) groups is 2. The first-order chi connectivity index (χ1) is 12.2. The summed E-state index contributed by atoms with van der Waals surface area (Å²) in [6.45, 7) is 0. The Hall–Kier alpha value is -3.67. The molecular weight excluding hydrogens is 316 g/mol. The van der Waals surface area contributed by atoms with E-state index in [1.54, 1.807) is 30.3 Å². The molecule has 2 amide bonds. The summed E-state index contributed by atoms with van der Waals surface area (Å²) >= 11 is 0. The van der Waals surface area contributed by atoms with Gasteiger partial charge in [-0.25, -0.2) is 5.43 Å². The lowest BCUT2D eigenvalue weighted by Gasteiger charge is -2.17. The standard InChI is InChI=1S/C19H14N4O2/c24-18(13-7-2-1-3-8-13)21-17-16(19(25)23-22-17)15-11-10-12-6-4-5-9-14(12)20-15/h1-11,20H,(H,23,25)(H,21,22,24). The summed E-state index contributed by atoms with van der Waals surface area (Å²) in [5.41, 5.74) is 5.69. The minimum absolute atomic E-state index is 0.199. The predicted molar refractivity (Wildman–Crippen MR) is 95.6 cm³/mol. The normalized spacial score (nSPS) is 18.1. The lowest BCUT2D eigenvalue weighted by atomic mass is 10.0.